The fourth-order valence-electron chi connectivity index (χ4n) is 0.669. The Morgan fingerprint density at radius 1 is 1.30 bits per heavy atom. The van der Waals surface area contributed by atoms with E-state index in [0.717, 1.165) is 11.4 Å². The van der Waals surface area contributed by atoms with Crippen LogP contribution < -0.4 is 0 Å². The van der Waals surface area contributed by atoms with Crippen LogP contribution in [0.3, 0.4) is 0 Å². The normalized spacial score (nSPS) is 10.6. The number of hydrogen-bond donors (Lipinski definition) is 0. The maximum absolute atomic E-state index is 3.93. The van der Waals surface area contributed by atoms with Crippen molar-refractivity contribution in [1.29, 1.82) is 0 Å². The molecule has 0 aliphatic heterocycles. The molecule has 0 amide bonds. The van der Waals surface area contributed by atoms with Crippen molar-refractivity contribution >= 4 is 6.08 Å². The van der Waals surface area contributed by atoms with Crippen molar-refractivity contribution in [1.82, 2.24) is 10.2 Å². The first-order valence-electron chi connectivity index (χ1n) is 3.26. The Bertz CT molecular complexity index is 224. The van der Waals surface area contributed by atoms with E-state index < -0.39 is 0 Å². The second kappa shape index (κ2) is 3.11. The molecule has 0 radical (unpaired) electrons. The highest BCUT2D eigenvalue weighted by Gasteiger charge is 1.86. The third kappa shape index (κ3) is 1.65. The summed E-state index contributed by atoms with van der Waals surface area (Å²) in [5.74, 6) is 0. The van der Waals surface area contributed by atoms with Gasteiger partial charge in [-0.1, -0.05) is 6.08 Å². The monoisotopic (exact) mass is 134 g/mol. The maximum atomic E-state index is 3.93. The third-order valence-electron chi connectivity index (χ3n) is 1.16. The molecule has 1 rings (SSSR count). The van der Waals surface area contributed by atoms with E-state index in [9.17, 15) is 0 Å². The molecule has 10 heavy (non-hydrogen) atoms. The molecule has 0 bridgehead atoms. The fourth-order valence-corrected chi connectivity index (χ4v) is 0.669. The van der Waals surface area contributed by atoms with Crippen LogP contribution in [0.25, 0.3) is 6.08 Å². The van der Waals surface area contributed by atoms with Crippen LogP contribution in [0.15, 0.2) is 18.2 Å². The largest absolute Gasteiger partial charge is 0.155 e. The average molecular weight is 134 g/mol. The molecule has 0 spiro atoms. The zero-order chi connectivity index (χ0) is 7.40. The highest BCUT2D eigenvalue weighted by molar-refractivity contribution is 5.42. The number of aryl methyl sites for hydroxylation is 1. The lowest BCUT2D eigenvalue weighted by molar-refractivity contribution is 0.969. The van der Waals surface area contributed by atoms with Crippen LogP contribution in [-0.2, 0) is 0 Å². The molecule has 2 nitrogen and oxygen atoms in total. The quantitative estimate of drug-likeness (QED) is 0.585. The zero-order valence-electron chi connectivity index (χ0n) is 6.20. The van der Waals surface area contributed by atoms with Gasteiger partial charge in [0.15, 0.2) is 0 Å². The summed E-state index contributed by atoms with van der Waals surface area (Å²) in [6.45, 7) is 3.88. The van der Waals surface area contributed by atoms with Crippen LogP contribution in [0.1, 0.15) is 18.3 Å². The van der Waals surface area contributed by atoms with E-state index in [-0.39, 0.29) is 0 Å². The van der Waals surface area contributed by atoms with E-state index >= 15 is 0 Å². The highest BCUT2D eigenvalue weighted by Crippen LogP contribution is 1.96. The van der Waals surface area contributed by atoms with E-state index in [1.807, 2.05) is 38.1 Å². The minimum atomic E-state index is 0.910. The lowest BCUT2D eigenvalue weighted by Crippen LogP contribution is -1.87. The van der Waals surface area contributed by atoms with Crippen molar-refractivity contribution in [3.05, 3.63) is 29.6 Å². The van der Waals surface area contributed by atoms with Gasteiger partial charge in [-0.2, -0.15) is 10.2 Å². The minimum absolute atomic E-state index is 0.910. The summed E-state index contributed by atoms with van der Waals surface area (Å²) < 4.78 is 0. The summed E-state index contributed by atoms with van der Waals surface area (Å²) in [5, 5.41) is 7.83. The van der Waals surface area contributed by atoms with Crippen LogP contribution in [0.4, 0.5) is 0 Å². The standard InChI is InChI=1S/C8H10N2/c1-3-4-8-6-5-7(2)9-10-8/h3-6H,1-2H3. The summed E-state index contributed by atoms with van der Waals surface area (Å²) in [6, 6.07) is 3.89. The summed E-state index contributed by atoms with van der Waals surface area (Å²) in [6.07, 6.45) is 3.87. The predicted molar refractivity (Wildman–Crippen MR) is 41.5 cm³/mol. The second-order valence-electron chi connectivity index (χ2n) is 2.10. The van der Waals surface area contributed by atoms with E-state index in [1.54, 1.807) is 0 Å². The van der Waals surface area contributed by atoms with Gasteiger partial charge in [-0.25, -0.2) is 0 Å². The number of rotatable bonds is 1. The smallest absolute Gasteiger partial charge is 0.0854 e. The molecule has 0 unspecified atom stereocenters. The van der Waals surface area contributed by atoms with Gasteiger partial charge in [-0.15, -0.1) is 0 Å². The van der Waals surface area contributed by atoms with Gasteiger partial charge in [0, 0.05) is 0 Å². The summed E-state index contributed by atoms with van der Waals surface area (Å²) >= 11 is 0. The molecule has 0 aliphatic carbocycles. The van der Waals surface area contributed by atoms with Crippen molar-refractivity contribution < 1.29 is 0 Å². The molecule has 0 saturated heterocycles. The van der Waals surface area contributed by atoms with Gasteiger partial charge in [-0.05, 0) is 32.1 Å². The number of aromatic nitrogens is 2. The van der Waals surface area contributed by atoms with Crippen molar-refractivity contribution in [2.75, 3.05) is 0 Å². The fraction of sp³-hybridized carbons (Fsp3) is 0.250. The molecule has 0 N–H and O–H groups in total. The van der Waals surface area contributed by atoms with Crippen LogP contribution in [0.5, 0.6) is 0 Å². The van der Waals surface area contributed by atoms with Gasteiger partial charge in [-0.3, -0.25) is 0 Å². The Balaban J connectivity index is 2.89. The lowest BCUT2D eigenvalue weighted by atomic mass is 10.3. The van der Waals surface area contributed by atoms with Gasteiger partial charge in [0.05, 0.1) is 11.4 Å². The van der Waals surface area contributed by atoms with Crippen LogP contribution in [0, 0.1) is 6.92 Å². The molecule has 0 saturated carbocycles. The topological polar surface area (TPSA) is 25.8 Å². The van der Waals surface area contributed by atoms with Crippen molar-refractivity contribution in [3.8, 4) is 0 Å². The minimum Gasteiger partial charge on any atom is -0.155 e. The Morgan fingerprint density at radius 2 is 2.10 bits per heavy atom. The van der Waals surface area contributed by atoms with Crippen LogP contribution >= 0.6 is 0 Å². The third-order valence-corrected chi connectivity index (χ3v) is 1.16. The molecule has 0 aliphatic rings. The van der Waals surface area contributed by atoms with Crippen molar-refractivity contribution in [2.24, 2.45) is 0 Å². The lowest BCUT2D eigenvalue weighted by Gasteiger charge is -1.90. The predicted octanol–water partition coefficient (Wildman–Crippen LogP) is 1.82. The molecule has 2 heteroatoms. The van der Waals surface area contributed by atoms with Crippen LogP contribution in [-0.4, -0.2) is 10.2 Å². The summed E-state index contributed by atoms with van der Waals surface area (Å²) in [7, 11) is 0. The van der Waals surface area contributed by atoms with Gasteiger partial charge in [0.25, 0.3) is 0 Å². The van der Waals surface area contributed by atoms with Crippen LogP contribution in [0.2, 0.25) is 0 Å². The SMILES string of the molecule is CC=Cc1ccc(C)nn1. The number of allylic oxidation sites excluding steroid dienone is 1. The Labute approximate surface area is 60.6 Å². The molecule has 1 aromatic heterocycles. The summed E-state index contributed by atoms with van der Waals surface area (Å²) in [4.78, 5) is 0. The Kier molecular flexibility index (Phi) is 2.15. The maximum Gasteiger partial charge on any atom is 0.0854 e. The van der Waals surface area contributed by atoms with Gasteiger partial charge in [0.2, 0.25) is 0 Å². The van der Waals surface area contributed by atoms with E-state index in [0.29, 0.717) is 0 Å². The molecular formula is C8H10N2. The number of nitrogens with zero attached hydrogens (tertiary/aromatic N) is 2. The molecule has 1 heterocycles. The molecule has 0 aromatic carbocycles. The van der Waals surface area contributed by atoms with Gasteiger partial charge < -0.3 is 0 Å². The summed E-state index contributed by atoms with van der Waals surface area (Å²) in [5.41, 5.74) is 1.86. The molecule has 0 atom stereocenters. The number of hydrogen-bond acceptors (Lipinski definition) is 2. The first-order chi connectivity index (χ1) is 4.83. The van der Waals surface area contributed by atoms with Gasteiger partial charge in [0.1, 0.15) is 0 Å². The molecule has 0 fully saturated rings. The highest BCUT2D eigenvalue weighted by atomic mass is 15.1. The van der Waals surface area contributed by atoms with E-state index in [2.05, 4.69) is 10.2 Å². The average Bonchev–Trinajstić information content (AvgIpc) is 1.95. The van der Waals surface area contributed by atoms with E-state index in [4.69, 9.17) is 0 Å². The van der Waals surface area contributed by atoms with Gasteiger partial charge >= 0.3 is 0 Å². The first kappa shape index (κ1) is 6.93. The Hall–Kier alpha value is -1.18. The Morgan fingerprint density at radius 3 is 2.60 bits per heavy atom. The first-order valence-corrected chi connectivity index (χ1v) is 3.26. The second-order valence-corrected chi connectivity index (χ2v) is 2.10. The molecular weight excluding hydrogens is 124 g/mol. The van der Waals surface area contributed by atoms with Crippen molar-refractivity contribution in [2.45, 2.75) is 13.8 Å². The van der Waals surface area contributed by atoms with E-state index in [1.165, 1.54) is 0 Å². The molecule has 1 aromatic rings. The molecule has 52 valence electrons. The zero-order valence-corrected chi connectivity index (χ0v) is 6.20. The van der Waals surface area contributed by atoms with Crippen molar-refractivity contribution in [3.63, 3.8) is 0 Å².